The lowest BCUT2D eigenvalue weighted by atomic mass is 10.0. The first-order valence-corrected chi connectivity index (χ1v) is 6.77. The van der Waals surface area contributed by atoms with Crippen molar-refractivity contribution in [3.8, 4) is 0 Å². The molecule has 2 aromatic rings. The second kappa shape index (κ2) is 5.09. The second-order valence-corrected chi connectivity index (χ2v) is 5.21. The fourth-order valence-corrected chi connectivity index (χ4v) is 2.45. The van der Waals surface area contributed by atoms with Crippen LogP contribution < -0.4 is 10.9 Å². The predicted molar refractivity (Wildman–Crippen MR) is 79.0 cm³/mol. The Hall–Kier alpha value is -2.14. The number of nitrogens with one attached hydrogen (secondary N) is 2. The molecule has 3 rings (SSSR count). The van der Waals surface area contributed by atoms with Gasteiger partial charge in [-0.25, -0.2) is 4.39 Å². The molecule has 0 saturated carbocycles. The van der Waals surface area contributed by atoms with Gasteiger partial charge in [-0.3, -0.25) is 15.6 Å². The highest BCUT2D eigenvalue weighted by Gasteiger charge is 2.19. The molecule has 3 nitrogen and oxygen atoms in total. The van der Waals surface area contributed by atoms with Crippen LogP contribution in [-0.2, 0) is 0 Å². The van der Waals surface area contributed by atoms with Gasteiger partial charge in [0.25, 0.3) is 5.91 Å². The fraction of sp³-hybridized carbons (Fsp3) is 0. The molecule has 0 bridgehead atoms. The van der Waals surface area contributed by atoms with E-state index >= 15 is 0 Å². The zero-order valence-corrected chi connectivity index (χ0v) is 11.9. The van der Waals surface area contributed by atoms with E-state index in [-0.39, 0.29) is 11.7 Å². The van der Waals surface area contributed by atoms with Gasteiger partial charge in [0.2, 0.25) is 0 Å². The molecule has 0 aromatic heterocycles. The number of hydrogen-bond donors (Lipinski definition) is 2. The molecule has 20 heavy (non-hydrogen) atoms. The Morgan fingerprint density at radius 3 is 2.55 bits per heavy atom. The molecular weight excluding hydrogens is 323 g/mol. The number of carbonyl (C=O) groups is 1. The molecular formula is C15H10BrFN2O. The van der Waals surface area contributed by atoms with Gasteiger partial charge in [-0.2, -0.15) is 0 Å². The Morgan fingerprint density at radius 1 is 1.05 bits per heavy atom. The van der Waals surface area contributed by atoms with Crippen molar-refractivity contribution in [2.24, 2.45) is 0 Å². The van der Waals surface area contributed by atoms with Crippen molar-refractivity contribution in [2.75, 3.05) is 0 Å². The third-order valence-electron chi connectivity index (χ3n) is 3.03. The summed E-state index contributed by atoms with van der Waals surface area (Å²) in [7, 11) is 0. The standard InChI is InChI=1S/C15H10BrFN2O/c16-12-7-9(5-6-13(12)17)8-14-10-3-1-2-4-11(10)15(20)19-18-14/h1-8,18H,(H,19,20). The van der Waals surface area contributed by atoms with E-state index in [0.29, 0.717) is 10.0 Å². The van der Waals surface area contributed by atoms with E-state index in [1.807, 2.05) is 24.3 Å². The van der Waals surface area contributed by atoms with Gasteiger partial charge in [0.05, 0.1) is 15.7 Å². The monoisotopic (exact) mass is 332 g/mol. The first-order valence-electron chi connectivity index (χ1n) is 5.97. The van der Waals surface area contributed by atoms with Crippen LogP contribution in [0.25, 0.3) is 11.8 Å². The van der Waals surface area contributed by atoms with Gasteiger partial charge < -0.3 is 0 Å². The third kappa shape index (κ3) is 2.32. The highest BCUT2D eigenvalue weighted by atomic mass is 79.9. The maximum atomic E-state index is 13.2. The normalized spacial score (nSPS) is 15.5. The Balaban J connectivity index is 2.06. The van der Waals surface area contributed by atoms with Crippen LogP contribution in [0.1, 0.15) is 21.5 Å². The number of amides is 1. The van der Waals surface area contributed by atoms with Gasteiger partial charge in [0, 0.05) is 5.56 Å². The molecule has 2 aromatic carbocycles. The minimum absolute atomic E-state index is 0.168. The van der Waals surface area contributed by atoms with Crippen LogP contribution in [-0.4, -0.2) is 5.91 Å². The number of benzene rings is 2. The summed E-state index contributed by atoms with van der Waals surface area (Å²) < 4.78 is 13.6. The second-order valence-electron chi connectivity index (χ2n) is 4.36. The van der Waals surface area contributed by atoms with Gasteiger partial charge in [-0.15, -0.1) is 0 Å². The summed E-state index contributed by atoms with van der Waals surface area (Å²) in [5.74, 6) is -0.476. The fourth-order valence-electron chi connectivity index (χ4n) is 2.06. The molecule has 1 amide bonds. The molecule has 1 aliphatic heterocycles. The highest BCUT2D eigenvalue weighted by Crippen LogP contribution is 2.24. The molecule has 0 saturated heterocycles. The zero-order chi connectivity index (χ0) is 14.1. The van der Waals surface area contributed by atoms with E-state index < -0.39 is 0 Å². The molecule has 0 radical (unpaired) electrons. The van der Waals surface area contributed by atoms with E-state index in [2.05, 4.69) is 26.8 Å². The third-order valence-corrected chi connectivity index (χ3v) is 3.63. The molecule has 1 aliphatic rings. The summed E-state index contributed by atoms with van der Waals surface area (Å²) in [5, 5.41) is 0. The molecule has 0 fully saturated rings. The maximum absolute atomic E-state index is 13.2. The largest absolute Gasteiger partial charge is 0.298 e. The number of hydrogen-bond acceptors (Lipinski definition) is 2. The molecule has 0 atom stereocenters. The number of halogens is 2. The van der Waals surface area contributed by atoms with Gasteiger partial charge in [-0.05, 0) is 45.8 Å². The van der Waals surface area contributed by atoms with Crippen LogP contribution in [0, 0.1) is 5.82 Å². The summed E-state index contributed by atoms with van der Waals surface area (Å²) in [6.07, 6.45) is 1.85. The lowest BCUT2D eigenvalue weighted by Crippen LogP contribution is -2.40. The van der Waals surface area contributed by atoms with E-state index in [1.54, 1.807) is 18.2 Å². The van der Waals surface area contributed by atoms with Crippen LogP contribution in [0.4, 0.5) is 4.39 Å². The smallest absolute Gasteiger partial charge is 0.270 e. The van der Waals surface area contributed by atoms with Gasteiger partial charge in [-0.1, -0.05) is 24.3 Å². The van der Waals surface area contributed by atoms with Crippen molar-refractivity contribution >= 4 is 33.6 Å². The summed E-state index contributed by atoms with van der Waals surface area (Å²) in [4.78, 5) is 11.7. The van der Waals surface area contributed by atoms with Crippen molar-refractivity contribution in [1.82, 2.24) is 10.9 Å². The van der Waals surface area contributed by atoms with E-state index in [9.17, 15) is 9.18 Å². The van der Waals surface area contributed by atoms with Crippen molar-refractivity contribution in [3.05, 3.63) is 69.4 Å². The van der Waals surface area contributed by atoms with E-state index in [4.69, 9.17) is 0 Å². The zero-order valence-electron chi connectivity index (χ0n) is 10.3. The number of carbonyl (C=O) groups excluding carboxylic acids is 1. The number of hydrazine groups is 1. The Bertz CT molecular complexity index is 728. The number of fused-ring (bicyclic) bond motifs is 1. The lowest BCUT2D eigenvalue weighted by Gasteiger charge is -2.21. The molecule has 0 unspecified atom stereocenters. The maximum Gasteiger partial charge on any atom is 0.270 e. The van der Waals surface area contributed by atoms with Crippen molar-refractivity contribution in [1.29, 1.82) is 0 Å². The molecule has 100 valence electrons. The van der Waals surface area contributed by atoms with Gasteiger partial charge in [0.15, 0.2) is 0 Å². The SMILES string of the molecule is O=C1NNC(=Cc2ccc(F)c(Br)c2)c2ccccc21. The summed E-state index contributed by atoms with van der Waals surface area (Å²) in [6.45, 7) is 0. The summed E-state index contributed by atoms with van der Waals surface area (Å²) >= 11 is 3.16. The van der Waals surface area contributed by atoms with Crippen LogP contribution >= 0.6 is 15.9 Å². The molecule has 5 heteroatoms. The van der Waals surface area contributed by atoms with Crippen molar-refractivity contribution < 1.29 is 9.18 Å². The first-order chi connectivity index (χ1) is 9.65. The lowest BCUT2D eigenvalue weighted by molar-refractivity contribution is 0.0937. The number of rotatable bonds is 1. The van der Waals surface area contributed by atoms with Crippen molar-refractivity contribution in [2.45, 2.75) is 0 Å². The Kier molecular flexibility index (Phi) is 3.28. The topological polar surface area (TPSA) is 41.1 Å². The Morgan fingerprint density at radius 2 is 1.80 bits per heavy atom. The first kappa shape index (κ1) is 12.9. The minimum atomic E-state index is -0.308. The Labute approximate surface area is 123 Å². The van der Waals surface area contributed by atoms with E-state index in [1.165, 1.54) is 6.07 Å². The summed E-state index contributed by atoms with van der Waals surface area (Å²) in [5.41, 5.74) is 8.47. The average Bonchev–Trinajstić information content (AvgIpc) is 2.46. The van der Waals surface area contributed by atoms with Crippen LogP contribution in [0.5, 0.6) is 0 Å². The predicted octanol–water partition coefficient (Wildman–Crippen LogP) is 3.33. The quantitative estimate of drug-likeness (QED) is 0.840. The van der Waals surface area contributed by atoms with Gasteiger partial charge in [0.1, 0.15) is 5.82 Å². The minimum Gasteiger partial charge on any atom is -0.298 e. The molecule has 2 N–H and O–H groups in total. The van der Waals surface area contributed by atoms with Gasteiger partial charge >= 0.3 is 0 Å². The van der Waals surface area contributed by atoms with Crippen LogP contribution in [0.15, 0.2) is 46.9 Å². The average molecular weight is 333 g/mol. The summed E-state index contributed by atoms with van der Waals surface area (Å²) in [6, 6.07) is 12.1. The molecule has 0 spiro atoms. The molecule has 1 heterocycles. The van der Waals surface area contributed by atoms with Crippen molar-refractivity contribution in [3.63, 3.8) is 0 Å². The highest BCUT2D eigenvalue weighted by molar-refractivity contribution is 9.10. The van der Waals surface area contributed by atoms with Crippen LogP contribution in [0.3, 0.4) is 0 Å². The van der Waals surface area contributed by atoms with Crippen LogP contribution in [0.2, 0.25) is 0 Å². The van der Waals surface area contributed by atoms with E-state index in [0.717, 1.165) is 16.8 Å². The molecule has 0 aliphatic carbocycles.